The monoisotopic (exact) mass is 437 g/mol. The third kappa shape index (κ3) is 4.18. The lowest BCUT2D eigenvalue weighted by Gasteiger charge is -2.34. The molecule has 0 heterocycles. The van der Waals surface area contributed by atoms with E-state index in [4.69, 9.17) is 0 Å². The predicted octanol–water partition coefficient (Wildman–Crippen LogP) is 5.09. The topological polar surface area (TPSA) is 20.3 Å². The molecule has 2 unspecified atom stereocenters. The summed E-state index contributed by atoms with van der Waals surface area (Å²) in [6, 6.07) is 6.32. The van der Waals surface area contributed by atoms with Crippen LogP contribution in [-0.4, -0.2) is 22.9 Å². The molecule has 0 saturated carbocycles. The first kappa shape index (κ1) is 17.0. The first-order chi connectivity index (χ1) is 8.92. The molecule has 2 nitrogen and oxygen atoms in total. The second kappa shape index (κ2) is 7.62. The molecule has 0 N–H and O–H groups in total. The molecule has 0 bridgehead atoms. The number of rotatable bonds is 5. The molecule has 1 amide bonds. The molecular weight excluding hydrogens is 417 g/mol. The summed E-state index contributed by atoms with van der Waals surface area (Å²) in [5.41, 5.74) is 0.771. The van der Waals surface area contributed by atoms with Gasteiger partial charge in [0.1, 0.15) is 0 Å². The van der Waals surface area contributed by atoms with Gasteiger partial charge in [0.05, 0.1) is 0 Å². The molecule has 0 aromatic heterocycles. The van der Waals surface area contributed by atoms with E-state index < -0.39 is 0 Å². The van der Waals surface area contributed by atoms with Crippen molar-refractivity contribution in [2.75, 3.05) is 0 Å². The second-order valence-electron chi connectivity index (χ2n) is 4.86. The Morgan fingerprint density at radius 3 is 2.21 bits per heavy atom. The Morgan fingerprint density at radius 1 is 1.26 bits per heavy atom. The summed E-state index contributed by atoms with van der Waals surface area (Å²) in [7, 11) is 0. The van der Waals surface area contributed by atoms with Crippen molar-refractivity contribution in [3.8, 4) is 0 Å². The Morgan fingerprint density at radius 2 is 1.79 bits per heavy atom. The van der Waals surface area contributed by atoms with Crippen molar-refractivity contribution < 1.29 is 4.79 Å². The number of nitrogens with zero attached hydrogens (tertiary/aromatic N) is 1. The summed E-state index contributed by atoms with van der Waals surface area (Å²) in [6.07, 6.45) is 1.95. The summed E-state index contributed by atoms with van der Waals surface area (Å²) in [5, 5.41) is 0. The van der Waals surface area contributed by atoms with Gasteiger partial charge in [0.2, 0.25) is 0 Å². The molecule has 0 aliphatic rings. The fourth-order valence-corrected chi connectivity index (χ4v) is 2.77. The summed E-state index contributed by atoms with van der Waals surface area (Å²) in [6.45, 7) is 8.49. The van der Waals surface area contributed by atoms with Gasteiger partial charge in [-0.05, 0) is 83.4 Å². The predicted molar refractivity (Wildman–Crippen MR) is 92.5 cm³/mol. The number of hydrogen-bond donors (Lipinski definition) is 0. The van der Waals surface area contributed by atoms with Crippen LogP contribution in [0.5, 0.6) is 0 Å². The molecule has 0 aliphatic heterocycles. The molecule has 4 heteroatoms. The molecule has 0 spiro atoms. The van der Waals surface area contributed by atoms with Crippen LogP contribution in [0.25, 0.3) is 0 Å². The van der Waals surface area contributed by atoms with Crippen LogP contribution >= 0.6 is 38.5 Å². The van der Waals surface area contributed by atoms with Crippen molar-refractivity contribution in [3.63, 3.8) is 0 Å². The van der Waals surface area contributed by atoms with Crippen molar-refractivity contribution in [2.24, 2.45) is 0 Å². The van der Waals surface area contributed by atoms with Crippen molar-refractivity contribution in [1.82, 2.24) is 4.90 Å². The Balaban J connectivity index is 3.08. The van der Waals surface area contributed by atoms with E-state index in [9.17, 15) is 4.79 Å². The van der Waals surface area contributed by atoms with E-state index in [0.717, 1.165) is 26.4 Å². The molecule has 1 aromatic rings. The summed E-state index contributed by atoms with van der Waals surface area (Å²) < 4.78 is 2.10. The van der Waals surface area contributed by atoms with Crippen LogP contribution < -0.4 is 0 Å². The van der Waals surface area contributed by atoms with Gasteiger partial charge >= 0.3 is 0 Å². The standard InChI is InChI=1S/C15H21BrINO/c1-5-10(3)18(11(4)6-2)15(19)12-7-8-13(16)14(17)9-12/h7-11H,5-6H2,1-4H3. The first-order valence-electron chi connectivity index (χ1n) is 6.70. The van der Waals surface area contributed by atoms with Crippen molar-refractivity contribution >= 4 is 44.4 Å². The molecule has 19 heavy (non-hydrogen) atoms. The van der Waals surface area contributed by atoms with Gasteiger partial charge in [-0.15, -0.1) is 0 Å². The molecule has 1 aromatic carbocycles. The van der Waals surface area contributed by atoms with Gasteiger partial charge in [0, 0.05) is 25.7 Å². The second-order valence-corrected chi connectivity index (χ2v) is 6.87. The van der Waals surface area contributed by atoms with Gasteiger partial charge in [-0.3, -0.25) is 4.79 Å². The maximum absolute atomic E-state index is 12.7. The molecular formula is C15H21BrINO. The lowest BCUT2D eigenvalue weighted by atomic mass is 10.1. The molecule has 0 aliphatic carbocycles. The van der Waals surface area contributed by atoms with Crippen LogP contribution in [0.15, 0.2) is 22.7 Å². The highest BCUT2D eigenvalue weighted by Crippen LogP contribution is 2.23. The highest BCUT2D eigenvalue weighted by molar-refractivity contribution is 14.1. The van der Waals surface area contributed by atoms with Crippen LogP contribution in [-0.2, 0) is 0 Å². The van der Waals surface area contributed by atoms with Crippen LogP contribution in [0, 0.1) is 3.57 Å². The number of amides is 1. The molecule has 0 saturated heterocycles. The van der Waals surface area contributed by atoms with E-state index >= 15 is 0 Å². The summed E-state index contributed by atoms with van der Waals surface area (Å²) >= 11 is 5.71. The summed E-state index contributed by atoms with van der Waals surface area (Å²) in [4.78, 5) is 14.7. The maximum Gasteiger partial charge on any atom is 0.254 e. The van der Waals surface area contributed by atoms with Crippen LogP contribution in [0.4, 0.5) is 0 Å². The Labute approximate surface area is 138 Å². The van der Waals surface area contributed by atoms with E-state index in [1.807, 2.05) is 23.1 Å². The van der Waals surface area contributed by atoms with Gasteiger partial charge in [-0.1, -0.05) is 13.8 Å². The van der Waals surface area contributed by atoms with Gasteiger partial charge in [-0.2, -0.15) is 0 Å². The normalized spacial score (nSPS) is 14.0. The zero-order valence-electron chi connectivity index (χ0n) is 11.9. The molecule has 0 radical (unpaired) electrons. The van der Waals surface area contributed by atoms with Gasteiger partial charge < -0.3 is 4.90 Å². The lowest BCUT2D eigenvalue weighted by molar-refractivity contribution is 0.0598. The number of hydrogen-bond acceptors (Lipinski definition) is 1. The van der Waals surface area contributed by atoms with Crippen molar-refractivity contribution in [2.45, 2.75) is 52.6 Å². The largest absolute Gasteiger partial charge is 0.333 e. The van der Waals surface area contributed by atoms with Crippen LogP contribution in [0.1, 0.15) is 50.9 Å². The lowest BCUT2D eigenvalue weighted by Crippen LogP contribution is -2.44. The molecule has 2 atom stereocenters. The highest BCUT2D eigenvalue weighted by atomic mass is 127. The smallest absolute Gasteiger partial charge is 0.254 e. The fourth-order valence-electron chi connectivity index (χ4n) is 2.01. The zero-order valence-corrected chi connectivity index (χ0v) is 15.7. The number of halogens is 2. The van der Waals surface area contributed by atoms with E-state index in [0.29, 0.717) is 0 Å². The minimum atomic E-state index is 0.133. The zero-order chi connectivity index (χ0) is 14.6. The fraction of sp³-hybridized carbons (Fsp3) is 0.533. The Kier molecular flexibility index (Phi) is 6.80. The van der Waals surface area contributed by atoms with Gasteiger partial charge in [0.25, 0.3) is 5.91 Å². The minimum Gasteiger partial charge on any atom is -0.333 e. The minimum absolute atomic E-state index is 0.133. The number of benzene rings is 1. The summed E-state index contributed by atoms with van der Waals surface area (Å²) in [5.74, 6) is 0.133. The third-order valence-electron chi connectivity index (χ3n) is 3.53. The van der Waals surface area contributed by atoms with E-state index in [1.54, 1.807) is 0 Å². The SMILES string of the molecule is CCC(C)N(C(=O)c1ccc(Br)c(I)c1)C(C)CC. The number of carbonyl (C=O) groups excluding carboxylic acids is 1. The van der Waals surface area contributed by atoms with Crippen molar-refractivity contribution in [3.05, 3.63) is 31.8 Å². The van der Waals surface area contributed by atoms with E-state index in [1.165, 1.54) is 0 Å². The van der Waals surface area contributed by atoms with Crippen LogP contribution in [0.2, 0.25) is 0 Å². The average Bonchev–Trinajstić information content (AvgIpc) is 2.41. The molecule has 106 valence electrons. The van der Waals surface area contributed by atoms with Crippen molar-refractivity contribution in [1.29, 1.82) is 0 Å². The maximum atomic E-state index is 12.7. The Hall–Kier alpha value is -0.100. The first-order valence-corrected chi connectivity index (χ1v) is 8.57. The number of carbonyl (C=O) groups is 1. The molecule has 0 fully saturated rings. The van der Waals surface area contributed by atoms with E-state index in [-0.39, 0.29) is 18.0 Å². The van der Waals surface area contributed by atoms with Crippen LogP contribution in [0.3, 0.4) is 0 Å². The highest BCUT2D eigenvalue weighted by Gasteiger charge is 2.24. The van der Waals surface area contributed by atoms with Gasteiger partial charge in [-0.25, -0.2) is 0 Å². The average molecular weight is 438 g/mol. The van der Waals surface area contributed by atoms with E-state index in [2.05, 4.69) is 66.2 Å². The Bertz CT molecular complexity index is 440. The quantitative estimate of drug-likeness (QED) is 0.587. The molecule has 1 rings (SSSR count). The third-order valence-corrected chi connectivity index (χ3v) is 5.86. The van der Waals surface area contributed by atoms with Gasteiger partial charge in [0.15, 0.2) is 0 Å².